The summed E-state index contributed by atoms with van der Waals surface area (Å²) in [4.78, 5) is 156. The highest BCUT2D eigenvalue weighted by Gasteiger charge is 2.39. The van der Waals surface area contributed by atoms with Gasteiger partial charge in [0.15, 0.2) is 24.4 Å². The van der Waals surface area contributed by atoms with Gasteiger partial charge in [0.1, 0.15) is 0 Å². The maximum Gasteiger partial charge on any atom is 0.508 e. The first-order valence-corrected chi connectivity index (χ1v) is 39.8. The maximum absolute atomic E-state index is 15.5. The van der Waals surface area contributed by atoms with Gasteiger partial charge >= 0.3 is 36.6 Å². The van der Waals surface area contributed by atoms with Crippen molar-refractivity contribution in [3.8, 4) is 0 Å². The summed E-state index contributed by atoms with van der Waals surface area (Å²) in [7, 11) is 0. The molecule has 0 aliphatic heterocycles. The van der Waals surface area contributed by atoms with E-state index < -0.39 is 117 Å². The summed E-state index contributed by atoms with van der Waals surface area (Å²) in [5.41, 5.74) is -3.24. The number of rotatable bonds is 62. The summed E-state index contributed by atoms with van der Waals surface area (Å²) in [5, 5.41) is 0. The molecular formula is C82H130O20. The second-order valence-corrected chi connectivity index (χ2v) is 26.9. The molecule has 0 radical (unpaired) electrons. The van der Waals surface area contributed by atoms with E-state index in [0.717, 1.165) is 192 Å². The molecule has 20 nitrogen and oxygen atoms in total. The second kappa shape index (κ2) is 59.5. The van der Waals surface area contributed by atoms with Crippen LogP contribution in [0.25, 0.3) is 0 Å². The van der Waals surface area contributed by atoms with Crippen LogP contribution in [0.1, 0.15) is 400 Å². The van der Waals surface area contributed by atoms with Gasteiger partial charge in [0.25, 0.3) is 0 Å². The predicted octanol–water partition coefficient (Wildman–Crippen LogP) is 22.8. The Balaban J connectivity index is 2.96. The molecule has 4 atom stereocenters. The number of hydrogen-bond acceptors (Lipinski definition) is 20. The summed E-state index contributed by atoms with van der Waals surface area (Å²) < 4.78 is 45.1. The van der Waals surface area contributed by atoms with Crippen LogP contribution in [0.3, 0.4) is 0 Å². The van der Waals surface area contributed by atoms with Gasteiger partial charge in [-0.15, -0.1) is 0 Å². The van der Waals surface area contributed by atoms with Crippen LogP contribution < -0.4 is 0 Å². The van der Waals surface area contributed by atoms with Crippen LogP contribution in [0, 0.1) is 0 Å². The van der Waals surface area contributed by atoms with E-state index in [4.69, 9.17) is 47.7 Å². The topological polar surface area (TPSA) is 263 Å². The molecule has 102 heavy (non-hydrogen) atoms. The van der Waals surface area contributed by atoms with Gasteiger partial charge in [0.05, 0.1) is 37.6 Å². The van der Waals surface area contributed by atoms with Crippen LogP contribution in [-0.4, -0.2) is 111 Å². The zero-order chi connectivity index (χ0) is 74.8. The Kier molecular flexibility index (Phi) is 53.2. The molecule has 20 heteroatoms. The molecule has 2 rings (SSSR count). The fourth-order valence-corrected chi connectivity index (χ4v) is 12.0. The molecule has 0 fully saturated rings. The Morgan fingerprint density at radius 1 is 0.245 bits per heavy atom. The maximum atomic E-state index is 15.5. The number of ketones is 4. The first-order valence-electron chi connectivity index (χ1n) is 39.8. The van der Waals surface area contributed by atoms with E-state index in [9.17, 15) is 28.8 Å². The van der Waals surface area contributed by atoms with Gasteiger partial charge in [-0.2, -0.15) is 0 Å². The van der Waals surface area contributed by atoms with Crippen molar-refractivity contribution in [1.29, 1.82) is 0 Å². The van der Waals surface area contributed by atoms with Crippen molar-refractivity contribution in [2.75, 3.05) is 26.4 Å². The lowest BCUT2D eigenvalue weighted by Crippen LogP contribution is -2.34. The third kappa shape index (κ3) is 39.1. The number of benzene rings is 2. The van der Waals surface area contributed by atoms with Crippen LogP contribution in [0.5, 0.6) is 0 Å². The fraction of sp³-hybridized carbons (Fsp3) is 0.732. The van der Waals surface area contributed by atoms with Gasteiger partial charge in [-0.3, -0.25) is 19.2 Å². The highest BCUT2D eigenvalue weighted by atomic mass is 17.2. The van der Waals surface area contributed by atoms with Gasteiger partial charge in [-0.25, -0.2) is 38.5 Å². The molecule has 0 aliphatic carbocycles. The fourth-order valence-electron chi connectivity index (χ4n) is 12.0. The SMILES string of the molecule is CCCCCCCCOC(=O)OC(CCCCCC)C(=O)c1cccc(C(=O)OOC(=O)c2cccc(C(=O)C(CCCCCC)OC(=O)OCCCCCCCC)c2C(=O)C(CCCCCC)OC(=O)OCCCCCCCC)c1C(=O)C(CCCCCC)OC(=O)OCCCCCCCC. The monoisotopic (exact) mass is 1430 g/mol. The number of ether oxygens (including phenoxy) is 8. The second-order valence-electron chi connectivity index (χ2n) is 26.9. The van der Waals surface area contributed by atoms with E-state index in [2.05, 4.69) is 27.7 Å². The molecule has 0 amide bonds. The number of hydrogen-bond donors (Lipinski definition) is 0. The van der Waals surface area contributed by atoms with Crippen LogP contribution >= 0.6 is 0 Å². The Bertz CT molecular complexity index is 2510. The van der Waals surface area contributed by atoms with Crippen LogP contribution in [0.4, 0.5) is 19.2 Å². The van der Waals surface area contributed by atoms with Crippen LogP contribution in [0.15, 0.2) is 36.4 Å². The molecule has 0 bridgehead atoms. The molecule has 2 aromatic carbocycles. The van der Waals surface area contributed by atoms with E-state index in [1.807, 2.05) is 27.7 Å². The Hall–Kier alpha value is -6.86. The Morgan fingerprint density at radius 2 is 0.441 bits per heavy atom. The summed E-state index contributed by atoms with van der Waals surface area (Å²) in [6.45, 7) is 16.6. The lowest BCUT2D eigenvalue weighted by Gasteiger charge is -2.22. The van der Waals surface area contributed by atoms with Crippen molar-refractivity contribution in [2.24, 2.45) is 0 Å². The van der Waals surface area contributed by atoms with E-state index >= 15 is 19.2 Å². The largest absolute Gasteiger partial charge is 0.508 e. The van der Waals surface area contributed by atoms with Crippen molar-refractivity contribution in [3.63, 3.8) is 0 Å². The van der Waals surface area contributed by atoms with E-state index in [1.165, 1.54) is 24.3 Å². The molecule has 0 aromatic heterocycles. The Morgan fingerprint density at radius 3 is 0.676 bits per heavy atom. The number of Topliss-reactive ketones (excluding diaryl/α,β-unsaturated/α-hetero) is 4. The van der Waals surface area contributed by atoms with E-state index in [0.29, 0.717) is 77.0 Å². The predicted molar refractivity (Wildman–Crippen MR) is 394 cm³/mol. The molecule has 578 valence electrons. The number of carbonyl (C=O) groups excluding carboxylic acids is 10. The quantitative estimate of drug-likeness (QED) is 0.0149. The van der Waals surface area contributed by atoms with Crippen molar-refractivity contribution in [2.45, 2.75) is 362 Å². The summed E-state index contributed by atoms with van der Waals surface area (Å²) in [5.74, 6) is -6.77. The normalized spacial score (nSPS) is 12.3. The third-order valence-corrected chi connectivity index (χ3v) is 18.1. The molecule has 4 unspecified atom stereocenters. The first kappa shape index (κ1) is 91.2. The van der Waals surface area contributed by atoms with Crippen molar-refractivity contribution < 1.29 is 95.6 Å². The van der Waals surface area contributed by atoms with Gasteiger partial charge in [-0.05, 0) is 89.2 Å². The molecule has 0 saturated heterocycles. The highest BCUT2D eigenvalue weighted by Crippen LogP contribution is 2.30. The van der Waals surface area contributed by atoms with Gasteiger partial charge in [-0.1, -0.05) is 285 Å². The molecule has 0 N–H and O–H groups in total. The number of unbranched alkanes of at least 4 members (excludes halogenated alkanes) is 32. The molecule has 0 saturated carbocycles. The molecule has 0 heterocycles. The van der Waals surface area contributed by atoms with Crippen molar-refractivity contribution in [1.82, 2.24) is 0 Å². The lowest BCUT2D eigenvalue weighted by atomic mass is 9.88. The van der Waals surface area contributed by atoms with Gasteiger partial charge in [0, 0.05) is 22.3 Å². The molecule has 0 aliphatic rings. The molecular weight excluding hydrogens is 1300 g/mol. The minimum Gasteiger partial charge on any atom is -0.434 e. The van der Waals surface area contributed by atoms with Crippen molar-refractivity contribution >= 4 is 59.7 Å². The highest BCUT2D eigenvalue weighted by molar-refractivity contribution is 6.18. The third-order valence-electron chi connectivity index (χ3n) is 18.1. The summed E-state index contributed by atoms with van der Waals surface area (Å²) >= 11 is 0. The molecule has 2 aromatic rings. The number of carbonyl (C=O) groups is 10. The zero-order valence-electron chi connectivity index (χ0n) is 63.9. The minimum atomic E-state index is -1.63. The zero-order valence-corrected chi connectivity index (χ0v) is 63.9. The van der Waals surface area contributed by atoms with Crippen molar-refractivity contribution in [3.05, 3.63) is 69.8 Å². The van der Waals surface area contributed by atoms with E-state index in [1.54, 1.807) is 0 Å². The van der Waals surface area contributed by atoms with Crippen LogP contribution in [0.2, 0.25) is 0 Å². The summed E-state index contributed by atoms with van der Waals surface area (Å²) in [6, 6.07) is 7.42. The molecule has 0 spiro atoms. The van der Waals surface area contributed by atoms with Gasteiger partial charge in [0.2, 0.25) is 23.1 Å². The lowest BCUT2D eigenvalue weighted by molar-refractivity contribution is -0.187. The standard InChI is InChI=1S/C82H130O20/c1-9-17-25-33-37-45-59-93-79(89)97-67(55-41-29-21-13-5)73(83)63-51-49-53-65(71(63)75(85)69(57-43-31-23-15-7)99-81(91)95-61-47-39-35-27-19-11-3)77(87)101-102-78(88)66-54-50-52-64(74(84)68(56-42-30-22-14-6)98-80(90)94-60-46-38-34-26-18-10-2)72(66)76(86)70(58-44-32-24-16-8)100-82(92)96-62-48-40-36-28-20-12-4/h49-54,67-70H,9-48,55-62H2,1-8H3. The summed E-state index contributed by atoms with van der Waals surface area (Å²) in [6.07, 6.45) is 21.8. The van der Waals surface area contributed by atoms with Gasteiger partial charge < -0.3 is 37.9 Å². The average Bonchev–Trinajstić information content (AvgIpc) is 0.791. The van der Waals surface area contributed by atoms with Crippen LogP contribution in [-0.2, 0) is 47.7 Å². The first-order chi connectivity index (χ1) is 49.6. The smallest absolute Gasteiger partial charge is 0.434 e. The minimum absolute atomic E-state index is 0.00922. The average molecular weight is 1440 g/mol. The van der Waals surface area contributed by atoms with E-state index in [-0.39, 0.29) is 52.1 Å². The Labute approximate surface area is 611 Å².